The third kappa shape index (κ3) is 2.56. The van der Waals surface area contributed by atoms with E-state index in [1.54, 1.807) is 19.3 Å². The molecule has 0 unspecified atom stereocenters. The molecule has 0 spiro atoms. The van der Waals surface area contributed by atoms with E-state index in [1.165, 1.54) is 24.8 Å². The Hall–Kier alpha value is -2.02. The molecular formula is C10H10N4O2S. The molecule has 0 bridgehead atoms. The number of methoxy groups -OCH3 is 1. The van der Waals surface area contributed by atoms with Crippen LogP contribution in [0.5, 0.6) is 0 Å². The number of nitrogens with zero attached hydrogens (tertiary/aromatic N) is 3. The molecule has 0 saturated carbocycles. The van der Waals surface area contributed by atoms with E-state index in [0.717, 1.165) is 5.69 Å². The van der Waals surface area contributed by atoms with Crippen LogP contribution in [0.1, 0.15) is 15.4 Å². The monoisotopic (exact) mass is 250 g/mol. The van der Waals surface area contributed by atoms with Gasteiger partial charge in [-0.05, 0) is 6.92 Å². The van der Waals surface area contributed by atoms with Crippen molar-refractivity contribution in [2.24, 2.45) is 0 Å². The first kappa shape index (κ1) is 11.5. The molecule has 0 saturated heterocycles. The summed E-state index contributed by atoms with van der Waals surface area (Å²) in [6.45, 7) is 1.76. The van der Waals surface area contributed by atoms with Gasteiger partial charge in [-0.25, -0.2) is 19.7 Å². The van der Waals surface area contributed by atoms with Crippen LogP contribution in [0.15, 0.2) is 18.7 Å². The van der Waals surface area contributed by atoms with E-state index in [4.69, 9.17) is 0 Å². The minimum atomic E-state index is -0.377. The lowest BCUT2D eigenvalue weighted by molar-refractivity contribution is 0.0605. The molecule has 17 heavy (non-hydrogen) atoms. The molecule has 6 nitrogen and oxygen atoms in total. The van der Waals surface area contributed by atoms with Crippen LogP contribution in [-0.2, 0) is 4.74 Å². The van der Waals surface area contributed by atoms with E-state index in [9.17, 15) is 4.79 Å². The summed E-state index contributed by atoms with van der Waals surface area (Å²) >= 11 is 1.23. The Kier molecular flexibility index (Phi) is 3.29. The number of hydrogen-bond acceptors (Lipinski definition) is 7. The molecule has 0 aromatic carbocycles. The molecule has 0 radical (unpaired) electrons. The SMILES string of the molecule is COC(=O)c1sc(Nc2cncnc2)nc1C. The lowest BCUT2D eigenvalue weighted by Gasteiger charge is -1.98. The van der Waals surface area contributed by atoms with E-state index < -0.39 is 0 Å². The van der Waals surface area contributed by atoms with Gasteiger partial charge in [0.25, 0.3) is 0 Å². The van der Waals surface area contributed by atoms with Gasteiger partial charge in [-0.2, -0.15) is 0 Å². The van der Waals surface area contributed by atoms with Crippen molar-refractivity contribution in [2.45, 2.75) is 6.92 Å². The topological polar surface area (TPSA) is 77.0 Å². The highest BCUT2D eigenvalue weighted by atomic mass is 32.1. The first-order valence-electron chi connectivity index (χ1n) is 4.78. The van der Waals surface area contributed by atoms with Crippen molar-refractivity contribution in [1.29, 1.82) is 0 Å². The second-order valence-corrected chi connectivity index (χ2v) is 4.18. The molecule has 1 N–H and O–H groups in total. The second-order valence-electron chi connectivity index (χ2n) is 3.18. The third-order valence-electron chi connectivity index (χ3n) is 1.98. The predicted molar refractivity (Wildman–Crippen MR) is 63.5 cm³/mol. The molecule has 0 aliphatic carbocycles. The molecule has 2 rings (SSSR count). The van der Waals surface area contributed by atoms with E-state index >= 15 is 0 Å². The minimum absolute atomic E-state index is 0.377. The summed E-state index contributed by atoms with van der Waals surface area (Å²) in [5.74, 6) is -0.377. The van der Waals surface area contributed by atoms with Crippen LogP contribution in [-0.4, -0.2) is 28.0 Å². The molecule has 2 aromatic heterocycles. The number of ether oxygens (including phenoxy) is 1. The van der Waals surface area contributed by atoms with Gasteiger partial charge in [-0.3, -0.25) is 0 Å². The molecule has 0 aliphatic rings. The van der Waals surface area contributed by atoms with Gasteiger partial charge in [0, 0.05) is 0 Å². The van der Waals surface area contributed by atoms with Crippen molar-refractivity contribution in [2.75, 3.05) is 12.4 Å². The van der Waals surface area contributed by atoms with Gasteiger partial charge in [0.05, 0.1) is 30.9 Å². The molecule has 0 amide bonds. The van der Waals surface area contributed by atoms with Crippen molar-refractivity contribution in [1.82, 2.24) is 15.0 Å². The maximum Gasteiger partial charge on any atom is 0.350 e. The van der Waals surface area contributed by atoms with Gasteiger partial charge >= 0.3 is 5.97 Å². The molecule has 7 heteroatoms. The van der Waals surface area contributed by atoms with E-state index in [2.05, 4.69) is 25.0 Å². The Bertz CT molecular complexity index is 526. The van der Waals surface area contributed by atoms with Crippen LogP contribution in [0.3, 0.4) is 0 Å². The standard InChI is InChI=1S/C10H10N4O2S/c1-6-8(9(15)16-2)17-10(13-6)14-7-3-11-5-12-4-7/h3-5H,1-2H3,(H,13,14). The van der Waals surface area contributed by atoms with Crippen LogP contribution in [0.2, 0.25) is 0 Å². The van der Waals surface area contributed by atoms with Gasteiger partial charge in [0.15, 0.2) is 5.13 Å². The van der Waals surface area contributed by atoms with Gasteiger partial charge in [-0.1, -0.05) is 11.3 Å². The summed E-state index contributed by atoms with van der Waals surface area (Å²) < 4.78 is 4.66. The molecule has 2 heterocycles. The van der Waals surface area contributed by atoms with Crippen molar-refractivity contribution in [3.05, 3.63) is 29.3 Å². The summed E-state index contributed by atoms with van der Waals surface area (Å²) in [6, 6.07) is 0. The Balaban J connectivity index is 2.21. The van der Waals surface area contributed by atoms with Crippen molar-refractivity contribution >= 4 is 28.1 Å². The van der Waals surface area contributed by atoms with Gasteiger partial charge in [0.1, 0.15) is 11.2 Å². The fourth-order valence-corrected chi connectivity index (χ4v) is 2.12. The Morgan fingerprint density at radius 1 is 1.41 bits per heavy atom. The van der Waals surface area contributed by atoms with Gasteiger partial charge in [0.2, 0.25) is 0 Å². The quantitative estimate of drug-likeness (QED) is 0.836. The lowest BCUT2D eigenvalue weighted by atomic mass is 10.4. The predicted octanol–water partition coefficient (Wildman–Crippen LogP) is 1.77. The highest BCUT2D eigenvalue weighted by Crippen LogP contribution is 2.25. The highest BCUT2D eigenvalue weighted by Gasteiger charge is 2.15. The Labute approximate surface area is 102 Å². The summed E-state index contributed by atoms with van der Waals surface area (Å²) in [6.07, 6.45) is 4.70. The number of thiazole rings is 1. The second kappa shape index (κ2) is 4.88. The number of carbonyl (C=O) groups excluding carboxylic acids is 1. The first-order valence-corrected chi connectivity index (χ1v) is 5.60. The first-order chi connectivity index (χ1) is 8.20. The van der Waals surface area contributed by atoms with Crippen LogP contribution < -0.4 is 5.32 Å². The van der Waals surface area contributed by atoms with Crippen molar-refractivity contribution in [3.63, 3.8) is 0 Å². The Morgan fingerprint density at radius 3 is 2.76 bits per heavy atom. The molecule has 0 atom stereocenters. The normalized spacial score (nSPS) is 10.0. The molecule has 0 fully saturated rings. The fraction of sp³-hybridized carbons (Fsp3) is 0.200. The molecule has 0 aliphatic heterocycles. The highest BCUT2D eigenvalue weighted by molar-refractivity contribution is 7.17. The van der Waals surface area contributed by atoms with Crippen molar-refractivity contribution in [3.8, 4) is 0 Å². The van der Waals surface area contributed by atoms with Gasteiger partial charge in [-0.15, -0.1) is 0 Å². The number of carbonyl (C=O) groups is 1. The van der Waals surface area contributed by atoms with Crippen LogP contribution in [0, 0.1) is 6.92 Å². The minimum Gasteiger partial charge on any atom is -0.465 e. The maximum atomic E-state index is 11.4. The molecular weight excluding hydrogens is 240 g/mol. The smallest absolute Gasteiger partial charge is 0.350 e. The number of hydrogen-bond donors (Lipinski definition) is 1. The fourth-order valence-electron chi connectivity index (χ4n) is 1.22. The average Bonchev–Trinajstić information content (AvgIpc) is 2.70. The van der Waals surface area contributed by atoms with Gasteiger partial charge < -0.3 is 10.1 Å². The van der Waals surface area contributed by atoms with E-state index in [0.29, 0.717) is 15.7 Å². The molecule has 2 aromatic rings. The zero-order valence-electron chi connectivity index (χ0n) is 9.30. The number of aryl methyl sites for hydroxylation is 1. The zero-order valence-corrected chi connectivity index (χ0v) is 10.1. The summed E-state index contributed by atoms with van der Waals surface area (Å²) in [5, 5.41) is 3.63. The number of aromatic nitrogens is 3. The zero-order chi connectivity index (χ0) is 12.3. The van der Waals surface area contributed by atoms with Crippen molar-refractivity contribution < 1.29 is 9.53 Å². The number of anilines is 2. The lowest BCUT2D eigenvalue weighted by Crippen LogP contribution is -1.99. The van der Waals surface area contributed by atoms with Crippen LogP contribution >= 0.6 is 11.3 Å². The number of rotatable bonds is 3. The van der Waals surface area contributed by atoms with E-state index in [1.807, 2.05) is 0 Å². The van der Waals surface area contributed by atoms with Crippen LogP contribution in [0.25, 0.3) is 0 Å². The largest absolute Gasteiger partial charge is 0.465 e. The third-order valence-corrected chi connectivity index (χ3v) is 3.03. The number of esters is 1. The molecule has 88 valence electrons. The summed E-state index contributed by atoms with van der Waals surface area (Å²) in [5.41, 5.74) is 1.36. The van der Waals surface area contributed by atoms with E-state index in [-0.39, 0.29) is 5.97 Å². The Morgan fingerprint density at radius 2 is 2.12 bits per heavy atom. The number of nitrogens with one attached hydrogen (secondary N) is 1. The maximum absolute atomic E-state index is 11.4. The summed E-state index contributed by atoms with van der Waals surface area (Å²) in [7, 11) is 1.35. The average molecular weight is 250 g/mol. The van der Waals surface area contributed by atoms with Crippen LogP contribution in [0.4, 0.5) is 10.8 Å². The summed E-state index contributed by atoms with van der Waals surface area (Å²) in [4.78, 5) is 23.9.